The van der Waals surface area contributed by atoms with Gasteiger partial charge >= 0.3 is 6.09 Å². The zero-order valence-corrected chi connectivity index (χ0v) is 14.7. The van der Waals surface area contributed by atoms with Gasteiger partial charge in [-0.2, -0.15) is 5.10 Å². The van der Waals surface area contributed by atoms with Crippen molar-refractivity contribution in [3.8, 4) is 0 Å². The first kappa shape index (κ1) is 17.3. The molecule has 0 spiro atoms. The molecule has 0 aliphatic carbocycles. The average Bonchev–Trinajstić information content (AvgIpc) is 2.78. The molecule has 0 fully saturated rings. The Morgan fingerprint density at radius 1 is 1.22 bits per heavy atom. The second kappa shape index (κ2) is 5.86. The summed E-state index contributed by atoms with van der Waals surface area (Å²) >= 11 is 0. The number of hydrogen-bond donors (Lipinski definition) is 2. The number of nitrogens with zero attached hydrogens (tertiary/aromatic N) is 2. The number of nitrogens with one attached hydrogen (secondary N) is 2. The van der Waals surface area contributed by atoms with Crippen LogP contribution < -0.4 is 5.32 Å². The Morgan fingerprint density at radius 3 is 2.43 bits per heavy atom. The molecule has 7 heteroatoms. The second-order valence-corrected chi connectivity index (χ2v) is 7.89. The van der Waals surface area contributed by atoms with Crippen molar-refractivity contribution in [2.24, 2.45) is 5.41 Å². The maximum atomic E-state index is 12.1. The van der Waals surface area contributed by atoms with Crippen LogP contribution in [0.1, 0.15) is 52.8 Å². The Labute approximate surface area is 136 Å². The molecule has 23 heavy (non-hydrogen) atoms. The van der Waals surface area contributed by atoms with Crippen LogP contribution in [0, 0.1) is 5.41 Å². The molecule has 1 aliphatic heterocycles. The lowest BCUT2D eigenvalue weighted by Gasteiger charge is -2.30. The van der Waals surface area contributed by atoms with Gasteiger partial charge in [0.1, 0.15) is 5.60 Å². The normalized spacial score (nSPS) is 15.1. The zero-order valence-electron chi connectivity index (χ0n) is 14.7. The molecule has 1 aliphatic rings. The number of fused-ring (bicyclic) bond motifs is 1. The topological polar surface area (TPSA) is 87.3 Å². The number of anilines is 1. The fourth-order valence-corrected chi connectivity index (χ4v) is 2.20. The highest BCUT2D eigenvalue weighted by molar-refractivity contribution is 5.94. The highest BCUT2D eigenvalue weighted by atomic mass is 16.6. The molecule has 1 aromatic rings. The maximum absolute atomic E-state index is 12.1. The van der Waals surface area contributed by atoms with Gasteiger partial charge in [-0.05, 0) is 27.2 Å². The van der Waals surface area contributed by atoms with Crippen LogP contribution >= 0.6 is 0 Å². The third-order valence-corrected chi connectivity index (χ3v) is 3.50. The minimum absolute atomic E-state index is 0.0821. The van der Waals surface area contributed by atoms with Crippen LogP contribution in [-0.4, -0.2) is 39.2 Å². The lowest BCUT2D eigenvalue weighted by molar-refractivity contribution is -0.123. The van der Waals surface area contributed by atoms with Crippen LogP contribution in [0.15, 0.2) is 0 Å². The first-order valence-corrected chi connectivity index (χ1v) is 7.83. The number of rotatable bonds is 1. The van der Waals surface area contributed by atoms with Crippen LogP contribution in [0.25, 0.3) is 0 Å². The van der Waals surface area contributed by atoms with Crippen molar-refractivity contribution in [3.05, 3.63) is 11.3 Å². The molecule has 2 rings (SSSR count). The van der Waals surface area contributed by atoms with Crippen LogP contribution in [-0.2, 0) is 22.5 Å². The lowest BCUT2D eigenvalue weighted by Crippen LogP contribution is -2.40. The van der Waals surface area contributed by atoms with Gasteiger partial charge in [-0.1, -0.05) is 20.8 Å². The van der Waals surface area contributed by atoms with Gasteiger partial charge in [0.05, 0.1) is 12.2 Å². The SMILES string of the molecule is CC(C)(C)OC(=O)N1CCc2c(NC(=O)C(C)(C)C)n[nH]c2C1. The van der Waals surface area contributed by atoms with Gasteiger partial charge in [0, 0.05) is 17.5 Å². The Bertz CT molecular complexity index is 608. The van der Waals surface area contributed by atoms with E-state index < -0.39 is 11.0 Å². The zero-order chi connectivity index (χ0) is 17.4. The van der Waals surface area contributed by atoms with Crippen molar-refractivity contribution >= 4 is 17.8 Å². The largest absolute Gasteiger partial charge is 0.444 e. The van der Waals surface area contributed by atoms with E-state index in [1.165, 1.54) is 0 Å². The number of H-pyrrole nitrogens is 1. The van der Waals surface area contributed by atoms with Gasteiger partial charge in [0.2, 0.25) is 5.91 Å². The molecule has 0 unspecified atom stereocenters. The van der Waals surface area contributed by atoms with Crippen molar-refractivity contribution in [2.45, 2.75) is 60.1 Å². The number of carbonyl (C=O) groups is 2. The minimum atomic E-state index is -0.517. The molecule has 0 radical (unpaired) electrons. The smallest absolute Gasteiger partial charge is 0.410 e. The number of aromatic nitrogens is 2. The van der Waals surface area contributed by atoms with Gasteiger partial charge in [-0.25, -0.2) is 4.79 Å². The standard InChI is InChI=1S/C16H26N4O3/c1-15(2,3)13(21)17-12-10-7-8-20(9-11(10)18-19-12)14(22)23-16(4,5)6/h7-9H2,1-6H3,(H2,17,18,19,21). The van der Waals surface area contributed by atoms with Gasteiger partial charge in [0.15, 0.2) is 5.82 Å². The third kappa shape index (κ3) is 4.24. The quantitative estimate of drug-likeness (QED) is 0.832. The fourth-order valence-electron chi connectivity index (χ4n) is 2.20. The average molecular weight is 322 g/mol. The first-order valence-electron chi connectivity index (χ1n) is 7.83. The summed E-state index contributed by atoms with van der Waals surface area (Å²) in [6, 6.07) is 0. The van der Waals surface area contributed by atoms with E-state index in [-0.39, 0.29) is 12.0 Å². The predicted octanol–water partition coefficient (Wildman–Crippen LogP) is 2.69. The molecule has 2 N–H and O–H groups in total. The summed E-state index contributed by atoms with van der Waals surface area (Å²) in [6.07, 6.45) is 0.295. The van der Waals surface area contributed by atoms with E-state index in [1.807, 2.05) is 41.5 Å². The Hall–Kier alpha value is -2.05. The van der Waals surface area contributed by atoms with Crippen molar-refractivity contribution in [1.29, 1.82) is 0 Å². The molecule has 0 bridgehead atoms. The van der Waals surface area contributed by atoms with Gasteiger partial charge < -0.3 is 15.0 Å². The molecule has 0 atom stereocenters. The number of carbonyl (C=O) groups excluding carboxylic acids is 2. The van der Waals surface area contributed by atoms with Crippen LogP contribution in [0.2, 0.25) is 0 Å². The number of aromatic amines is 1. The molecule has 0 aromatic carbocycles. The van der Waals surface area contributed by atoms with E-state index in [9.17, 15) is 9.59 Å². The molecule has 2 heterocycles. The molecule has 0 saturated heterocycles. The fraction of sp³-hybridized carbons (Fsp3) is 0.688. The molecular formula is C16H26N4O3. The van der Waals surface area contributed by atoms with Crippen molar-refractivity contribution < 1.29 is 14.3 Å². The van der Waals surface area contributed by atoms with Gasteiger partial charge in [-0.3, -0.25) is 9.89 Å². The molecule has 1 aromatic heterocycles. The number of hydrogen-bond acceptors (Lipinski definition) is 4. The summed E-state index contributed by atoms with van der Waals surface area (Å²) < 4.78 is 5.39. The molecule has 0 saturated carbocycles. The molecule has 2 amide bonds. The maximum Gasteiger partial charge on any atom is 0.410 e. The van der Waals surface area contributed by atoms with Crippen LogP contribution in [0.5, 0.6) is 0 Å². The van der Waals surface area contributed by atoms with Gasteiger partial charge in [-0.15, -0.1) is 0 Å². The minimum Gasteiger partial charge on any atom is -0.444 e. The van der Waals surface area contributed by atoms with Crippen LogP contribution in [0.4, 0.5) is 10.6 Å². The molecule has 7 nitrogen and oxygen atoms in total. The first-order chi connectivity index (χ1) is 10.5. The third-order valence-electron chi connectivity index (χ3n) is 3.50. The van der Waals surface area contributed by atoms with E-state index >= 15 is 0 Å². The summed E-state index contributed by atoms with van der Waals surface area (Å²) in [5.41, 5.74) is 0.800. The van der Waals surface area contributed by atoms with E-state index in [4.69, 9.17) is 4.74 Å². The Balaban J connectivity index is 2.07. The number of ether oxygens (including phenoxy) is 1. The highest BCUT2D eigenvalue weighted by Crippen LogP contribution is 2.26. The van der Waals surface area contributed by atoms with E-state index in [0.29, 0.717) is 25.3 Å². The van der Waals surface area contributed by atoms with E-state index in [0.717, 1.165) is 11.3 Å². The summed E-state index contributed by atoms with van der Waals surface area (Å²) in [5.74, 6) is 0.477. The van der Waals surface area contributed by atoms with E-state index in [2.05, 4.69) is 15.5 Å². The second-order valence-electron chi connectivity index (χ2n) is 7.89. The molecule has 128 valence electrons. The number of amides is 2. The lowest BCUT2D eigenvalue weighted by atomic mass is 9.95. The van der Waals surface area contributed by atoms with Crippen molar-refractivity contribution in [3.63, 3.8) is 0 Å². The van der Waals surface area contributed by atoms with Crippen molar-refractivity contribution in [1.82, 2.24) is 15.1 Å². The van der Waals surface area contributed by atoms with Gasteiger partial charge in [0.25, 0.3) is 0 Å². The summed E-state index contributed by atoms with van der Waals surface area (Å²) in [7, 11) is 0. The summed E-state index contributed by atoms with van der Waals surface area (Å²) in [5, 5.41) is 9.96. The Morgan fingerprint density at radius 2 is 1.87 bits per heavy atom. The Kier molecular flexibility index (Phi) is 4.41. The highest BCUT2D eigenvalue weighted by Gasteiger charge is 2.30. The van der Waals surface area contributed by atoms with Crippen molar-refractivity contribution in [2.75, 3.05) is 11.9 Å². The summed E-state index contributed by atoms with van der Waals surface area (Å²) in [6.45, 7) is 12.0. The monoisotopic (exact) mass is 322 g/mol. The van der Waals surface area contributed by atoms with Crippen LogP contribution in [0.3, 0.4) is 0 Å². The summed E-state index contributed by atoms with van der Waals surface area (Å²) in [4.78, 5) is 25.9. The predicted molar refractivity (Wildman–Crippen MR) is 87.0 cm³/mol. The molecular weight excluding hydrogens is 296 g/mol. The van der Waals surface area contributed by atoms with E-state index in [1.54, 1.807) is 4.90 Å².